The molecule has 2 aromatic rings. The molecule has 114 valence electrons. The second kappa shape index (κ2) is 6.15. The smallest absolute Gasteiger partial charge is 0.306 e. The number of nitrogens with one attached hydrogen (secondary N) is 1. The maximum Gasteiger partial charge on any atom is 0.416 e. The van der Waals surface area contributed by atoms with Crippen LogP contribution >= 0.6 is 11.3 Å². The van der Waals surface area contributed by atoms with E-state index in [1.54, 1.807) is 0 Å². The summed E-state index contributed by atoms with van der Waals surface area (Å²) in [6.07, 6.45) is -4.48. The summed E-state index contributed by atoms with van der Waals surface area (Å²) in [6, 6.07) is 5.64. The molecule has 2 rings (SSSR count). The lowest BCUT2D eigenvalue weighted by Gasteiger charge is -2.19. The van der Waals surface area contributed by atoms with Gasteiger partial charge in [-0.2, -0.15) is 13.2 Å². The number of hydrogen-bond acceptors (Lipinski definition) is 2. The monoisotopic (exact) mass is 317 g/mol. The van der Waals surface area contributed by atoms with Crippen LogP contribution < -0.4 is 5.32 Å². The number of hydrogen-bond donors (Lipinski definition) is 1. The zero-order chi connectivity index (χ0) is 15.6. The Balaban J connectivity index is 2.49. The molecule has 0 saturated heterocycles. The molecule has 0 saturated carbocycles. The van der Waals surface area contributed by atoms with Gasteiger partial charge in [0.2, 0.25) is 0 Å². The van der Waals surface area contributed by atoms with Crippen LogP contribution in [0.3, 0.4) is 0 Å². The lowest BCUT2D eigenvalue weighted by molar-refractivity contribution is -0.137. The van der Waals surface area contributed by atoms with Crippen LogP contribution in [0.1, 0.15) is 33.8 Å². The van der Waals surface area contributed by atoms with Crippen molar-refractivity contribution in [1.29, 1.82) is 0 Å². The first kappa shape index (κ1) is 16.0. The highest BCUT2D eigenvalue weighted by molar-refractivity contribution is 7.12. The van der Waals surface area contributed by atoms with Crippen molar-refractivity contribution < 1.29 is 17.6 Å². The summed E-state index contributed by atoms with van der Waals surface area (Å²) < 4.78 is 52.5. The molecule has 1 aromatic carbocycles. The number of thiophene rings is 1. The van der Waals surface area contributed by atoms with E-state index in [0.29, 0.717) is 6.54 Å². The van der Waals surface area contributed by atoms with E-state index in [4.69, 9.17) is 0 Å². The molecule has 1 nitrogen and oxygen atoms in total. The van der Waals surface area contributed by atoms with Crippen LogP contribution in [0.25, 0.3) is 0 Å². The van der Waals surface area contributed by atoms with Crippen LogP contribution in [-0.4, -0.2) is 6.54 Å². The Labute approximate surface area is 124 Å². The van der Waals surface area contributed by atoms with Crippen molar-refractivity contribution in [2.45, 2.75) is 26.1 Å². The topological polar surface area (TPSA) is 12.0 Å². The summed E-state index contributed by atoms with van der Waals surface area (Å²) in [5.74, 6) is -0.639. The molecular weight excluding hydrogens is 302 g/mol. The van der Waals surface area contributed by atoms with Gasteiger partial charge in [-0.25, -0.2) is 4.39 Å². The molecule has 1 heterocycles. The van der Waals surface area contributed by atoms with Crippen molar-refractivity contribution in [3.05, 3.63) is 57.0 Å². The van der Waals surface area contributed by atoms with Gasteiger partial charge >= 0.3 is 6.18 Å². The molecule has 0 bridgehead atoms. The number of rotatable bonds is 4. The van der Waals surface area contributed by atoms with Crippen molar-refractivity contribution in [3.63, 3.8) is 0 Å². The lowest BCUT2D eigenvalue weighted by atomic mass is 10.0. The van der Waals surface area contributed by atoms with E-state index in [2.05, 4.69) is 5.32 Å². The van der Waals surface area contributed by atoms with Gasteiger partial charge in [-0.3, -0.25) is 0 Å². The fourth-order valence-corrected chi connectivity index (χ4v) is 3.09. The quantitative estimate of drug-likeness (QED) is 0.790. The average molecular weight is 317 g/mol. The third kappa shape index (κ3) is 3.63. The fraction of sp³-hybridized carbons (Fsp3) is 0.333. The van der Waals surface area contributed by atoms with Crippen molar-refractivity contribution in [1.82, 2.24) is 5.32 Å². The van der Waals surface area contributed by atoms with E-state index in [1.165, 1.54) is 11.3 Å². The van der Waals surface area contributed by atoms with Gasteiger partial charge in [-0.05, 0) is 43.8 Å². The minimum Gasteiger partial charge on any atom is -0.306 e. The highest BCUT2D eigenvalue weighted by Crippen LogP contribution is 2.35. The van der Waals surface area contributed by atoms with Gasteiger partial charge in [0.05, 0.1) is 11.6 Å². The maximum absolute atomic E-state index is 14.0. The Morgan fingerprint density at radius 3 is 2.43 bits per heavy atom. The number of halogens is 4. The molecule has 0 spiro atoms. The number of benzene rings is 1. The van der Waals surface area contributed by atoms with Gasteiger partial charge in [-0.15, -0.1) is 11.3 Å². The predicted octanol–water partition coefficient (Wildman–Crippen LogP) is 4.91. The number of aryl methyl sites for hydroxylation is 1. The molecule has 0 amide bonds. The van der Waals surface area contributed by atoms with Crippen molar-refractivity contribution in [3.8, 4) is 0 Å². The first-order chi connectivity index (χ1) is 9.82. The standard InChI is InChI=1S/C15H15F4NS/c1-3-20-14(13-7-4-9(2)21-13)11-8-10(15(17,18)19)5-6-12(11)16/h4-8,14,20H,3H2,1-2H3. The Morgan fingerprint density at radius 1 is 1.19 bits per heavy atom. The third-order valence-corrected chi connectivity index (χ3v) is 4.15. The lowest BCUT2D eigenvalue weighted by Crippen LogP contribution is -2.22. The SMILES string of the molecule is CCNC(c1ccc(C)s1)c1cc(C(F)(F)F)ccc1F. The van der Waals surface area contributed by atoms with Crippen LogP contribution in [0.5, 0.6) is 0 Å². The van der Waals surface area contributed by atoms with Gasteiger partial charge in [0.15, 0.2) is 0 Å². The highest BCUT2D eigenvalue weighted by atomic mass is 32.1. The predicted molar refractivity (Wildman–Crippen MR) is 76.0 cm³/mol. The molecule has 0 aliphatic rings. The van der Waals surface area contributed by atoms with Crippen molar-refractivity contribution in [2.75, 3.05) is 6.54 Å². The Bertz CT molecular complexity index is 618. The normalized spacial score (nSPS) is 13.4. The first-order valence-electron chi connectivity index (χ1n) is 6.49. The molecule has 6 heteroatoms. The molecule has 1 N–H and O–H groups in total. The van der Waals surface area contributed by atoms with Crippen LogP contribution in [0, 0.1) is 12.7 Å². The van der Waals surface area contributed by atoms with E-state index >= 15 is 0 Å². The van der Waals surface area contributed by atoms with Gasteiger partial charge in [0.1, 0.15) is 5.82 Å². The van der Waals surface area contributed by atoms with E-state index < -0.39 is 23.6 Å². The van der Waals surface area contributed by atoms with Crippen LogP contribution in [0.4, 0.5) is 17.6 Å². The molecular formula is C15H15F4NS. The van der Waals surface area contributed by atoms with Crippen molar-refractivity contribution >= 4 is 11.3 Å². The molecule has 0 aliphatic heterocycles. The average Bonchev–Trinajstić information content (AvgIpc) is 2.82. The second-order valence-corrected chi connectivity index (χ2v) is 5.99. The molecule has 0 radical (unpaired) electrons. The van der Waals surface area contributed by atoms with Crippen LogP contribution in [-0.2, 0) is 6.18 Å². The summed E-state index contributed by atoms with van der Waals surface area (Å²) in [5.41, 5.74) is -0.816. The molecule has 1 unspecified atom stereocenters. The van der Waals surface area contributed by atoms with E-state index in [0.717, 1.165) is 28.0 Å². The Kier molecular flexibility index (Phi) is 4.68. The largest absolute Gasteiger partial charge is 0.416 e. The van der Waals surface area contributed by atoms with Gasteiger partial charge in [0.25, 0.3) is 0 Å². The third-order valence-electron chi connectivity index (χ3n) is 3.09. The summed E-state index contributed by atoms with van der Waals surface area (Å²) in [6.45, 7) is 4.26. The zero-order valence-corrected chi connectivity index (χ0v) is 12.4. The van der Waals surface area contributed by atoms with E-state index in [9.17, 15) is 17.6 Å². The molecule has 1 aromatic heterocycles. The van der Waals surface area contributed by atoms with Crippen LogP contribution in [0.2, 0.25) is 0 Å². The first-order valence-corrected chi connectivity index (χ1v) is 7.31. The van der Waals surface area contributed by atoms with E-state index in [1.807, 2.05) is 26.0 Å². The number of alkyl halides is 3. The summed E-state index contributed by atoms with van der Waals surface area (Å²) in [7, 11) is 0. The van der Waals surface area contributed by atoms with Crippen molar-refractivity contribution in [2.24, 2.45) is 0 Å². The van der Waals surface area contributed by atoms with Gasteiger partial charge < -0.3 is 5.32 Å². The summed E-state index contributed by atoms with van der Waals surface area (Å²) >= 11 is 1.44. The minimum atomic E-state index is -4.48. The summed E-state index contributed by atoms with van der Waals surface area (Å²) in [5, 5.41) is 3.05. The Morgan fingerprint density at radius 2 is 1.90 bits per heavy atom. The fourth-order valence-electron chi connectivity index (χ4n) is 2.12. The van der Waals surface area contributed by atoms with Crippen LogP contribution in [0.15, 0.2) is 30.3 Å². The van der Waals surface area contributed by atoms with E-state index in [-0.39, 0.29) is 5.56 Å². The molecule has 21 heavy (non-hydrogen) atoms. The second-order valence-electron chi connectivity index (χ2n) is 4.67. The van der Waals surface area contributed by atoms with Gasteiger partial charge in [0, 0.05) is 15.3 Å². The maximum atomic E-state index is 14.0. The summed E-state index contributed by atoms with van der Waals surface area (Å²) in [4.78, 5) is 1.83. The molecule has 0 aliphatic carbocycles. The zero-order valence-electron chi connectivity index (χ0n) is 11.6. The minimum absolute atomic E-state index is 0.0218. The highest BCUT2D eigenvalue weighted by Gasteiger charge is 2.32. The molecule has 1 atom stereocenters. The Hall–Kier alpha value is -1.40. The molecule has 0 fully saturated rings. The van der Waals surface area contributed by atoms with Gasteiger partial charge in [-0.1, -0.05) is 6.92 Å².